The van der Waals surface area contributed by atoms with Crippen molar-refractivity contribution in [2.75, 3.05) is 7.11 Å². The molecule has 0 saturated heterocycles. The molecule has 9 heteroatoms. The zero-order chi connectivity index (χ0) is 25.9. The molecule has 0 N–H and O–H groups in total. The van der Waals surface area contributed by atoms with Gasteiger partial charge < -0.3 is 14.2 Å². The molecule has 0 aliphatic heterocycles. The monoisotopic (exact) mass is 546 g/mol. The van der Waals surface area contributed by atoms with E-state index < -0.39 is 11.5 Å². The standard InChI is InChI=1S/C27H31ClN2O4S2/c1-26(2,3)30-17-21(23(36-30)29-24(31)27(32-4)15-9-12-19(28)16-27)22(18-10-8-11-18)34-25(35)33-20-13-6-5-7-14-20/h5-7,9,12-14,16-18,22H,8,10-11,15H2,1-4H3. The SMILES string of the molecule is COC1(C(=O)N=c2sn(C(C)(C)C)cc2C(OC(=S)Oc2ccccc2)C2CCC2)C=C(Cl)C=CC1. The van der Waals surface area contributed by atoms with Crippen LogP contribution in [-0.4, -0.2) is 27.8 Å². The number of ether oxygens (including phenoxy) is 3. The van der Waals surface area contributed by atoms with Gasteiger partial charge in [-0.05, 0) is 69.4 Å². The molecule has 6 nitrogen and oxygen atoms in total. The molecule has 2 atom stereocenters. The predicted molar refractivity (Wildman–Crippen MR) is 146 cm³/mol. The minimum absolute atomic E-state index is 0.0457. The van der Waals surface area contributed by atoms with Gasteiger partial charge in [-0.15, -0.1) is 0 Å². The second-order valence-corrected chi connectivity index (χ2v) is 11.8. The van der Waals surface area contributed by atoms with E-state index in [9.17, 15) is 4.79 Å². The van der Waals surface area contributed by atoms with Gasteiger partial charge in [0.2, 0.25) is 0 Å². The lowest BCUT2D eigenvalue weighted by atomic mass is 9.79. The van der Waals surface area contributed by atoms with Gasteiger partial charge in [0.15, 0.2) is 5.60 Å². The number of carbonyl (C=O) groups is 1. The van der Waals surface area contributed by atoms with Crippen molar-refractivity contribution in [2.24, 2.45) is 10.9 Å². The highest BCUT2D eigenvalue weighted by molar-refractivity contribution is 7.79. The number of rotatable bonds is 6. The van der Waals surface area contributed by atoms with Crippen LogP contribution in [0.3, 0.4) is 0 Å². The molecule has 4 rings (SSSR count). The molecule has 0 radical (unpaired) electrons. The van der Waals surface area contributed by atoms with E-state index in [-0.39, 0.29) is 22.8 Å². The molecule has 1 saturated carbocycles. The van der Waals surface area contributed by atoms with Crippen LogP contribution >= 0.6 is 35.4 Å². The zero-order valence-electron chi connectivity index (χ0n) is 20.9. The number of hydrogen-bond donors (Lipinski definition) is 0. The maximum atomic E-state index is 13.5. The maximum Gasteiger partial charge on any atom is 0.358 e. The molecule has 1 fully saturated rings. The molecule has 36 heavy (non-hydrogen) atoms. The number of amides is 1. The number of para-hydroxylation sites is 1. The second kappa shape index (κ2) is 11.0. The number of methoxy groups -OCH3 is 1. The van der Waals surface area contributed by atoms with Crippen molar-refractivity contribution >= 4 is 46.5 Å². The van der Waals surface area contributed by atoms with Crippen LogP contribution < -0.4 is 9.41 Å². The number of hydrogen-bond acceptors (Lipinski definition) is 6. The van der Waals surface area contributed by atoms with Crippen LogP contribution in [0.2, 0.25) is 0 Å². The molecule has 2 aliphatic rings. The van der Waals surface area contributed by atoms with Crippen molar-refractivity contribution in [3.63, 3.8) is 0 Å². The third-order valence-electron chi connectivity index (χ3n) is 6.40. The molecular weight excluding hydrogens is 516 g/mol. The Bertz CT molecular complexity index is 1240. The van der Waals surface area contributed by atoms with Crippen LogP contribution in [0.15, 0.2) is 64.8 Å². The van der Waals surface area contributed by atoms with Crippen molar-refractivity contribution in [3.05, 3.63) is 70.0 Å². The first-order chi connectivity index (χ1) is 17.1. The van der Waals surface area contributed by atoms with E-state index in [1.807, 2.05) is 42.6 Å². The Kier molecular flexibility index (Phi) is 8.19. The van der Waals surface area contributed by atoms with Gasteiger partial charge in [-0.2, -0.15) is 4.99 Å². The summed E-state index contributed by atoms with van der Waals surface area (Å²) in [5, 5.41) is 0.492. The summed E-state index contributed by atoms with van der Waals surface area (Å²) in [5.74, 6) is 0.450. The molecule has 2 unspecified atom stereocenters. The summed E-state index contributed by atoms with van der Waals surface area (Å²) in [6.45, 7) is 6.31. The van der Waals surface area contributed by atoms with Gasteiger partial charge in [-0.1, -0.05) is 42.3 Å². The molecule has 1 aromatic heterocycles. The smallest absolute Gasteiger partial charge is 0.358 e. The van der Waals surface area contributed by atoms with E-state index in [4.69, 9.17) is 38.0 Å². The first-order valence-electron chi connectivity index (χ1n) is 12.0. The van der Waals surface area contributed by atoms with Gasteiger partial charge in [0.25, 0.3) is 5.91 Å². The van der Waals surface area contributed by atoms with Crippen molar-refractivity contribution in [1.29, 1.82) is 0 Å². The van der Waals surface area contributed by atoms with Crippen molar-refractivity contribution in [2.45, 2.75) is 63.7 Å². The van der Waals surface area contributed by atoms with Crippen molar-refractivity contribution in [3.8, 4) is 5.75 Å². The Morgan fingerprint density at radius 3 is 2.58 bits per heavy atom. The van der Waals surface area contributed by atoms with E-state index in [2.05, 4.69) is 29.7 Å². The number of aromatic nitrogens is 1. The number of carbonyl (C=O) groups excluding carboxylic acids is 1. The minimum atomic E-state index is -1.24. The van der Waals surface area contributed by atoms with Crippen LogP contribution in [0.4, 0.5) is 0 Å². The highest BCUT2D eigenvalue weighted by Crippen LogP contribution is 2.40. The van der Waals surface area contributed by atoms with Crippen molar-refractivity contribution < 1.29 is 19.0 Å². The second-order valence-electron chi connectivity index (χ2n) is 10.0. The fourth-order valence-corrected chi connectivity index (χ4v) is 5.56. The minimum Gasteiger partial charge on any atom is -0.448 e. The maximum absolute atomic E-state index is 13.5. The molecule has 2 aromatic rings. The van der Waals surface area contributed by atoms with E-state index in [1.54, 1.807) is 12.2 Å². The summed E-state index contributed by atoms with van der Waals surface area (Å²) in [4.78, 5) is 18.1. The Morgan fingerprint density at radius 1 is 1.28 bits per heavy atom. The molecular formula is C27H31ClN2O4S2. The summed E-state index contributed by atoms with van der Waals surface area (Å²) < 4.78 is 20.3. The number of halogens is 1. The quantitative estimate of drug-likeness (QED) is 0.391. The summed E-state index contributed by atoms with van der Waals surface area (Å²) in [7, 11) is 1.50. The fourth-order valence-electron chi connectivity index (χ4n) is 4.07. The topological polar surface area (TPSA) is 62.0 Å². The van der Waals surface area contributed by atoms with Gasteiger partial charge >= 0.3 is 5.24 Å². The molecule has 0 bridgehead atoms. The third kappa shape index (κ3) is 5.99. The predicted octanol–water partition coefficient (Wildman–Crippen LogP) is 6.42. The molecule has 1 heterocycles. The van der Waals surface area contributed by atoms with E-state index >= 15 is 0 Å². The lowest BCUT2D eigenvalue weighted by molar-refractivity contribution is -0.134. The number of thiocarbonyl (C=S) groups is 1. The van der Waals surface area contributed by atoms with Gasteiger partial charge in [0.1, 0.15) is 16.5 Å². The summed E-state index contributed by atoms with van der Waals surface area (Å²) in [6, 6.07) is 9.32. The summed E-state index contributed by atoms with van der Waals surface area (Å²) in [5.41, 5.74) is -0.630. The third-order valence-corrected chi connectivity index (χ3v) is 8.16. The van der Waals surface area contributed by atoms with Crippen LogP contribution in [0.5, 0.6) is 5.75 Å². The van der Waals surface area contributed by atoms with Crippen molar-refractivity contribution in [1.82, 2.24) is 3.96 Å². The molecule has 1 aromatic carbocycles. The van der Waals surface area contributed by atoms with Crippen LogP contribution in [-0.2, 0) is 19.8 Å². The highest BCUT2D eigenvalue weighted by atomic mass is 35.5. The Hall–Kier alpha value is -2.26. The summed E-state index contributed by atoms with van der Waals surface area (Å²) in [6.07, 6.45) is 10.3. The Labute approximate surface area is 226 Å². The zero-order valence-corrected chi connectivity index (χ0v) is 23.3. The Balaban J connectivity index is 1.72. The van der Waals surface area contributed by atoms with Crippen LogP contribution in [0, 0.1) is 5.92 Å². The fraction of sp³-hybridized carbons (Fsp3) is 0.444. The highest BCUT2D eigenvalue weighted by Gasteiger charge is 2.39. The Morgan fingerprint density at radius 2 is 2.00 bits per heavy atom. The summed E-state index contributed by atoms with van der Waals surface area (Å²) >= 11 is 13.1. The average molecular weight is 547 g/mol. The number of benzene rings is 1. The lowest BCUT2D eigenvalue weighted by Gasteiger charge is -2.33. The van der Waals surface area contributed by atoms with Crippen LogP contribution in [0.25, 0.3) is 0 Å². The normalized spacial score (nSPS) is 21.5. The number of allylic oxidation sites excluding steroid dienone is 2. The molecule has 0 spiro atoms. The first kappa shape index (κ1) is 26.8. The van der Waals surface area contributed by atoms with Gasteiger partial charge in [0.05, 0.1) is 0 Å². The molecule has 2 aliphatic carbocycles. The van der Waals surface area contributed by atoms with Gasteiger partial charge in [-0.25, -0.2) is 0 Å². The average Bonchev–Trinajstić information content (AvgIpc) is 3.22. The lowest BCUT2D eigenvalue weighted by Crippen LogP contribution is -2.39. The molecule has 192 valence electrons. The molecule has 1 amide bonds. The van der Waals surface area contributed by atoms with Gasteiger partial charge in [0, 0.05) is 54.0 Å². The largest absolute Gasteiger partial charge is 0.448 e. The van der Waals surface area contributed by atoms with E-state index in [1.165, 1.54) is 18.6 Å². The van der Waals surface area contributed by atoms with Gasteiger partial charge in [-0.3, -0.25) is 8.75 Å². The van der Waals surface area contributed by atoms with E-state index in [0.717, 1.165) is 24.8 Å². The van der Waals surface area contributed by atoms with Crippen LogP contribution in [0.1, 0.15) is 58.1 Å². The number of nitrogens with zero attached hydrogens (tertiary/aromatic N) is 2. The van der Waals surface area contributed by atoms with E-state index in [0.29, 0.717) is 21.9 Å². The first-order valence-corrected chi connectivity index (χ1v) is 13.5.